The van der Waals surface area contributed by atoms with Gasteiger partial charge < -0.3 is 10.6 Å². The van der Waals surface area contributed by atoms with Crippen molar-refractivity contribution >= 4 is 17.7 Å². The van der Waals surface area contributed by atoms with E-state index in [1.807, 2.05) is 6.92 Å². The summed E-state index contributed by atoms with van der Waals surface area (Å²) in [6.07, 6.45) is 0.990. The number of thioether (sulfide) groups is 1. The fourth-order valence-corrected chi connectivity index (χ4v) is 2.46. The summed E-state index contributed by atoms with van der Waals surface area (Å²) in [5.41, 5.74) is 0. The topological polar surface area (TPSA) is 84.7 Å². The van der Waals surface area contributed by atoms with Gasteiger partial charge in [-0.1, -0.05) is 32.5 Å². The minimum Gasteiger partial charge on any atom is -0.355 e. The van der Waals surface area contributed by atoms with Crippen molar-refractivity contribution in [3.8, 4) is 0 Å². The number of likely N-dealkylation sites (N-methyl/N-ethyl adjacent to an activating group) is 1. The first-order valence-corrected chi connectivity index (χ1v) is 8.33. The monoisotopic (exact) mass is 314 g/mol. The zero-order valence-corrected chi connectivity index (χ0v) is 14.1. The minimum absolute atomic E-state index is 0.0295. The number of amides is 1. The van der Waals surface area contributed by atoms with E-state index >= 15 is 0 Å². The summed E-state index contributed by atoms with van der Waals surface area (Å²) in [6.45, 7) is 11.4. The van der Waals surface area contributed by atoms with Gasteiger partial charge >= 0.3 is 0 Å². The highest BCUT2D eigenvalue weighted by Crippen LogP contribution is 2.19. The number of carbonyl (C=O) groups excluding carboxylic acids is 1. The molecule has 0 aliphatic carbocycles. The van der Waals surface area contributed by atoms with Crippen LogP contribution in [0.3, 0.4) is 0 Å². The van der Waals surface area contributed by atoms with Crippen LogP contribution < -0.4 is 10.6 Å². The van der Waals surface area contributed by atoms with Crippen LogP contribution in [0, 0.1) is 5.92 Å². The van der Waals surface area contributed by atoms with E-state index < -0.39 is 0 Å². The average molecular weight is 314 g/mol. The Morgan fingerprint density at radius 3 is 2.76 bits per heavy atom. The molecule has 0 aromatic carbocycles. The molecule has 0 saturated carbocycles. The van der Waals surface area contributed by atoms with Crippen LogP contribution in [0.4, 0.5) is 0 Å². The number of hydrogen-bond donors (Lipinski definition) is 2. The van der Waals surface area contributed by atoms with Gasteiger partial charge in [0.2, 0.25) is 11.1 Å². The molecule has 1 heterocycles. The van der Waals surface area contributed by atoms with Gasteiger partial charge in [-0.15, -0.1) is 5.10 Å². The molecule has 0 bridgehead atoms. The van der Waals surface area contributed by atoms with E-state index in [-0.39, 0.29) is 11.2 Å². The Morgan fingerprint density at radius 1 is 1.33 bits per heavy atom. The molecule has 7 nitrogen and oxygen atoms in total. The molecular weight excluding hydrogens is 288 g/mol. The molecule has 0 radical (unpaired) electrons. The Bertz CT molecular complexity index is 423. The Morgan fingerprint density at radius 2 is 2.10 bits per heavy atom. The van der Waals surface area contributed by atoms with Crippen molar-refractivity contribution in [2.45, 2.75) is 51.1 Å². The van der Waals surface area contributed by atoms with Gasteiger partial charge in [0.25, 0.3) is 0 Å². The summed E-state index contributed by atoms with van der Waals surface area (Å²) in [4.78, 5) is 12.0. The number of rotatable bonds is 10. The van der Waals surface area contributed by atoms with Gasteiger partial charge in [-0.2, -0.15) is 0 Å². The first-order valence-electron chi connectivity index (χ1n) is 7.45. The van der Waals surface area contributed by atoms with Gasteiger partial charge in [-0.25, -0.2) is 4.68 Å². The molecule has 120 valence electrons. The lowest BCUT2D eigenvalue weighted by Gasteiger charge is -2.12. The minimum atomic E-state index is -0.207. The van der Waals surface area contributed by atoms with E-state index in [4.69, 9.17) is 0 Å². The summed E-state index contributed by atoms with van der Waals surface area (Å²) in [5.74, 6) is 0.619. The first kappa shape index (κ1) is 17.9. The summed E-state index contributed by atoms with van der Waals surface area (Å²) in [5, 5.41) is 18.3. The van der Waals surface area contributed by atoms with Crippen LogP contribution in [0.25, 0.3) is 0 Å². The van der Waals surface area contributed by atoms with E-state index in [1.165, 1.54) is 11.8 Å². The SMILES string of the molecule is CCNCCn1nnnc1SC(C)C(=O)NCCC(C)C. The smallest absolute Gasteiger partial charge is 0.233 e. The highest BCUT2D eigenvalue weighted by molar-refractivity contribution is 8.00. The summed E-state index contributed by atoms with van der Waals surface area (Å²) < 4.78 is 1.73. The normalized spacial score (nSPS) is 12.6. The third kappa shape index (κ3) is 6.90. The van der Waals surface area contributed by atoms with Gasteiger partial charge in [0.1, 0.15) is 0 Å². The zero-order chi connectivity index (χ0) is 15.7. The lowest BCUT2D eigenvalue weighted by Crippen LogP contribution is -2.32. The number of aromatic nitrogens is 4. The number of hydrogen-bond acceptors (Lipinski definition) is 6. The summed E-state index contributed by atoms with van der Waals surface area (Å²) in [6, 6.07) is 0. The fourth-order valence-electron chi connectivity index (χ4n) is 1.62. The fraction of sp³-hybridized carbons (Fsp3) is 0.846. The maximum atomic E-state index is 12.0. The van der Waals surface area contributed by atoms with Crippen molar-refractivity contribution in [1.82, 2.24) is 30.8 Å². The van der Waals surface area contributed by atoms with E-state index in [0.29, 0.717) is 24.2 Å². The molecule has 21 heavy (non-hydrogen) atoms. The zero-order valence-electron chi connectivity index (χ0n) is 13.3. The molecule has 1 unspecified atom stereocenters. The van der Waals surface area contributed by atoms with Crippen molar-refractivity contribution in [1.29, 1.82) is 0 Å². The van der Waals surface area contributed by atoms with Gasteiger partial charge in [0, 0.05) is 13.1 Å². The van der Waals surface area contributed by atoms with Gasteiger partial charge in [0.05, 0.1) is 11.8 Å². The second kappa shape index (κ2) is 9.73. The highest BCUT2D eigenvalue weighted by Gasteiger charge is 2.18. The first-order chi connectivity index (χ1) is 10.0. The maximum absolute atomic E-state index is 12.0. The van der Waals surface area contributed by atoms with Crippen molar-refractivity contribution in [2.75, 3.05) is 19.6 Å². The number of nitrogens with zero attached hydrogens (tertiary/aromatic N) is 4. The highest BCUT2D eigenvalue weighted by atomic mass is 32.2. The second-order valence-electron chi connectivity index (χ2n) is 5.27. The molecule has 8 heteroatoms. The molecule has 0 aliphatic rings. The second-order valence-corrected chi connectivity index (χ2v) is 6.58. The molecule has 0 fully saturated rings. The quantitative estimate of drug-likeness (QED) is 0.493. The lowest BCUT2D eigenvalue weighted by atomic mass is 10.1. The summed E-state index contributed by atoms with van der Waals surface area (Å²) in [7, 11) is 0. The van der Waals surface area contributed by atoms with Crippen molar-refractivity contribution in [2.24, 2.45) is 5.92 Å². The number of nitrogens with one attached hydrogen (secondary N) is 2. The lowest BCUT2D eigenvalue weighted by molar-refractivity contribution is -0.120. The van der Waals surface area contributed by atoms with Crippen molar-refractivity contribution < 1.29 is 4.79 Å². The van der Waals surface area contributed by atoms with Crippen LogP contribution in [-0.2, 0) is 11.3 Å². The van der Waals surface area contributed by atoms with E-state index in [0.717, 1.165) is 19.5 Å². The van der Waals surface area contributed by atoms with E-state index in [9.17, 15) is 4.79 Å². The predicted molar refractivity (Wildman–Crippen MR) is 84.1 cm³/mol. The van der Waals surface area contributed by atoms with Crippen molar-refractivity contribution in [3.05, 3.63) is 0 Å². The summed E-state index contributed by atoms with van der Waals surface area (Å²) >= 11 is 1.39. The molecule has 0 saturated heterocycles. The van der Waals surface area contributed by atoms with Gasteiger partial charge in [-0.05, 0) is 36.2 Å². The third-order valence-corrected chi connectivity index (χ3v) is 3.99. The molecule has 2 N–H and O–H groups in total. The standard InChI is InChI=1S/C13H26N6OS/c1-5-14-8-9-19-13(16-17-18-19)21-11(4)12(20)15-7-6-10(2)3/h10-11,14H,5-9H2,1-4H3,(H,15,20). The Balaban J connectivity index is 2.41. The molecule has 1 aromatic rings. The van der Waals surface area contributed by atoms with Crippen LogP contribution in [0.5, 0.6) is 0 Å². The third-order valence-electron chi connectivity index (χ3n) is 2.92. The Kier molecular flexibility index (Phi) is 8.29. The van der Waals surface area contributed by atoms with Gasteiger partial charge in [-0.3, -0.25) is 4.79 Å². The molecule has 1 atom stereocenters. The molecule has 0 spiro atoms. The van der Waals surface area contributed by atoms with Crippen LogP contribution in [-0.4, -0.2) is 51.0 Å². The largest absolute Gasteiger partial charge is 0.355 e. The van der Waals surface area contributed by atoms with Gasteiger partial charge in [0.15, 0.2) is 0 Å². The van der Waals surface area contributed by atoms with Crippen LogP contribution in [0.15, 0.2) is 5.16 Å². The molecule has 0 aliphatic heterocycles. The van der Waals surface area contributed by atoms with Crippen LogP contribution >= 0.6 is 11.8 Å². The Labute approximate surface area is 130 Å². The van der Waals surface area contributed by atoms with Crippen LogP contribution in [0.2, 0.25) is 0 Å². The van der Waals surface area contributed by atoms with Crippen molar-refractivity contribution in [3.63, 3.8) is 0 Å². The maximum Gasteiger partial charge on any atom is 0.233 e. The molecule has 1 rings (SSSR count). The average Bonchev–Trinajstić information content (AvgIpc) is 2.86. The molecule has 1 aromatic heterocycles. The molecular formula is C13H26N6OS. The number of tetrazole rings is 1. The van der Waals surface area contributed by atoms with E-state index in [1.54, 1.807) is 4.68 Å². The van der Waals surface area contributed by atoms with Crippen LogP contribution in [0.1, 0.15) is 34.1 Å². The Hall–Kier alpha value is -1.15. The predicted octanol–water partition coefficient (Wildman–Crippen LogP) is 0.926. The van der Waals surface area contributed by atoms with E-state index in [2.05, 4.69) is 46.9 Å². The molecule has 1 amide bonds. The number of carbonyl (C=O) groups is 1.